The first-order valence-corrected chi connectivity index (χ1v) is 8.20. The molecule has 0 aliphatic carbocycles. The first kappa shape index (κ1) is 19.3. The molecule has 2 unspecified atom stereocenters. The highest BCUT2D eigenvalue weighted by molar-refractivity contribution is 5.48. The molecule has 2 N–H and O–H groups in total. The van der Waals surface area contributed by atoms with Crippen LogP contribution >= 0.6 is 0 Å². The molecule has 0 fully saturated rings. The highest BCUT2D eigenvalue weighted by atomic mass is 19.4. The number of benzene rings is 2. The zero-order valence-corrected chi connectivity index (χ0v) is 14.9. The maximum absolute atomic E-state index is 12.7. The lowest BCUT2D eigenvalue weighted by molar-refractivity contribution is -0.138. The van der Waals surface area contributed by atoms with Gasteiger partial charge in [-0.15, -0.1) is 0 Å². The minimum Gasteiger partial charge on any atom is -0.384 e. The quantitative estimate of drug-likeness (QED) is 0.770. The average Bonchev–Trinajstić information content (AvgIpc) is 2.53. The number of alkyl halides is 3. The molecule has 0 amide bonds. The molecule has 0 aliphatic rings. The van der Waals surface area contributed by atoms with Gasteiger partial charge >= 0.3 is 6.18 Å². The lowest BCUT2D eigenvalue weighted by Crippen LogP contribution is -2.33. The van der Waals surface area contributed by atoms with Crippen LogP contribution in [0.4, 0.5) is 18.9 Å². The summed E-state index contributed by atoms with van der Waals surface area (Å²) in [5, 5.41) is 13.0. The molecule has 0 radical (unpaired) electrons. The van der Waals surface area contributed by atoms with Crippen LogP contribution in [-0.2, 0) is 5.41 Å². The van der Waals surface area contributed by atoms with Crippen molar-refractivity contribution in [3.63, 3.8) is 0 Å². The van der Waals surface area contributed by atoms with E-state index in [2.05, 4.69) is 26.1 Å². The Balaban J connectivity index is 2.19. The fourth-order valence-electron chi connectivity index (χ4n) is 2.49. The molecule has 0 bridgehead atoms. The van der Waals surface area contributed by atoms with Gasteiger partial charge in [-0.3, -0.25) is 0 Å². The Hall–Kier alpha value is -2.01. The number of rotatable bonds is 4. The fourth-order valence-corrected chi connectivity index (χ4v) is 2.49. The number of anilines is 1. The van der Waals surface area contributed by atoms with E-state index in [1.165, 1.54) is 0 Å². The molecule has 0 saturated carbocycles. The Kier molecular flexibility index (Phi) is 5.47. The number of nitrogens with one attached hydrogen (secondary N) is 1. The summed E-state index contributed by atoms with van der Waals surface area (Å²) in [6.07, 6.45) is -5.21. The van der Waals surface area contributed by atoms with E-state index in [1.807, 2.05) is 24.3 Å². The van der Waals surface area contributed by atoms with Crippen molar-refractivity contribution in [3.8, 4) is 0 Å². The van der Waals surface area contributed by atoms with Gasteiger partial charge in [-0.05, 0) is 41.2 Å². The molecular formula is C20H24F3NO. The van der Waals surface area contributed by atoms with E-state index in [9.17, 15) is 18.3 Å². The Bertz CT molecular complexity index is 702. The summed E-state index contributed by atoms with van der Waals surface area (Å²) >= 11 is 0. The predicted octanol–water partition coefficient (Wildman–Crippen LogP) is 5.43. The second kappa shape index (κ2) is 7.08. The molecule has 0 saturated heterocycles. The highest BCUT2D eigenvalue weighted by Crippen LogP contribution is 2.29. The van der Waals surface area contributed by atoms with Crippen molar-refractivity contribution in [2.45, 2.75) is 51.4 Å². The summed E-state index contributed by atoms with van der Waals surface area (Å²) in [6, 6.07) is 12.4. The van der Waals surface area contributed by atoms with Crippen LogP contribution in [-0.4, -0.2) is 17.3 Å². The van der Waals surface area contributed by atoms with Crippen molar-refractivity contribution in [1.82, 2.24) is 0 Å². The predicted molar refractivity (Wildman–Crippen MR) is 94.8 cm³/mol. The zero-order chi connectivity index (χ0) is 18.8. The van der Waals surface area contributed by atoms with Crippen LogP contribution in [0.2, 0.25) is 0 Å². The maximum Gasteiger partial charge on any atom is 0.408 e. The molecular weight excluding hydrogens is 327 g/mol. The van der Waals surface area contributed by atoms with Crippen LogP contribution in [0, 0.1) is 0 Å². The molecule has 2 aromatic carbocycles. The van der Waals surface area contributed by atoms with E-state index in [1.54, 1.807) is 24.3 Å². The summed E-state index contributed by atoms with van der Waals surface area (Å²) in [4.78, 5) is 0. The van der Waals surface area contributed by atoms with Crippen LogP contribution in [0.3, 0.4) is 0 Å². The van der Waals surface area contributed by atoms with Crippen molar-refractivity contribution in [3.05, 3.63) is 65.2 Å². The van der Waals surface area contributed by atoms with E-state index in [0.29, 0.717) is 16.8 Å². The number of aliphatic hydroxyl groups excluding tert-OH is 1. The molecule has 0 spiro atoms. The van der Waals surface area contributed by atoms with E-state index in [0.717, 1.165) is 12.5 Å². The van der Waals surface area contributed by atoms with Crippen LogP contribution in [0.1, 0.15) is 50.5 Å². The van der Waals surface area contributed by atoms with Crippen molar-refractivity contribution in [1.29, 1.82) is 0 Å². The van der Waals surface area contributed by atoms with Gasteiger partial charge in [0.2, 0.25) is 0 Å². The summed E-state index contributed by atoms with van der Waals surface area (Å²) < 4.78 is 38.0. The van der Waals surface area contributed by atoms with Gasteiger partial charge in [-0.25, -0.2) is 0 Å². The lowest BCUT2D eigenvalue weighted by Gasteiger charge is -2.21. The highest BCUT2D eigenvalue weighted by Gasteiger charge is 2.35. The first-order valence-electron chi connectivity index (χ1n) is 8.20. The van der Waals surface area contributed by atoms with Gasteiger partial charge in [0.1, 0.15) is 12.1 Å². The second-order valence-corrected chi connectivity index (χ2v) is 7.31. The minimum absolute atomic E-state index is 0.0149. The third kappa shape index (κ3) is 4.98. The molecule has 5 heteroatoms. The molecule has 136 valence electrons. The maximum atomic E-state index is 12.7. The monoisotopic (exact) mass is 351 g/mol. The third-order valence-electron chi connectivity index (χ3n) is 4.17. The SMILES string of the molecule is CC(Nc1cccc(C(O)c2ccc(C(C)(C)C)cc2)c1)C(F)(F)F. The van der Waals surface area contributed by atoms with E-state index in [-0.39, 0.29) is 5.41 Å². The summed E-state index contributed by atoms with van der Waals surface area (Å²) in [7, 11) is 0. The topological polar surface area (TPSA) is 32.3 Å². The molecule has 0 aliphatic heterocycles. The minimum atomic E-state index is -4.32. The van der Waals surface area contributed by atoms with Gasteiger partial charge in [0.15, 0.2) is 0 Å². The van der Waals surface area contributed by atoms with Crippen LogP contribution in [0.25, 0.3) is 0 Å². The third-order valence-corrected chi connectivity index (χ3v) is 4.17. The smallest absolute Gasteiger partial charge is 0.384 e. The van der Waals surface area contributed by atoms with E-state index in [4.69, 9.17) is 0 Å². The Morgan fingerprint density at radius 3 is 2.04 bits per heavy atom. The standard InChI is InChI=1S/C20H24F3NO/c1-13(20(21,22)23)24-17-7-5-6-15(12-17)18(25)14-8-10-16(11-9-14)19(2,3)4/h5-13,18,24-25H,1-4H3. The Morgan fingerprint density at radius 1 is 0.920 bits per heavy atom. The van der Waals surface area contributed by atoms with E-state index < -0.39 is 18.3 Å². The van der Waals surface area contributed by atoms with Gasteiger partial charge in [-0.2, -0.15) is 13.2 Å². The molecule has 0 heterocycles. The molecule has 2 nitrogen and oxygen atoms in total. The van der Waals surface area contributed by atoms with Crippen molar-refractivity contribution < 1.29 is 18.3 Å². The number of halogens is 3. The van der Waals surface area contributed by atoms with Crippen LogP contribution in [0.15, 0.2) is 48.5 Å². The largest absolute Gasteiger partial charge is 0.408 e. The van der Waals surface area contributed by atoms with Crippen LogP contribution in [0.5, 0.6) is 0 Å². The van der Waals surface area contributed by atoms with Gasteiger partial charge < -0.3 is 10.4 Å². The van der Waals surface area contributed by atoms with Crippen molar-refractivity contribution >= 4 is 5.69 Å². The second-order valence-electron chi connectivity index (χ2n) is 7.31. The van der Waals surface area contributed by atoms with Gasteiger partial charge in [0.05, 0.1) is 0 Å². The molecule has 2 atom stereocenters. The fraction of sp³-hybridized carbons (Fsp3) is 0.400. The van der Waals surface area contributed by atoms with Gasteiger partial charge in [0.25, 0.3) is 0 Å². The summed E-state index contributed by atoms with van der Waals surface area (Å²) in [5.41, 5.74) is 2.74. The summed E-state index contributed by atoms with van der Waals surface area (Å²) in [5.74, 6) is 0. The normalized spacial score (nSPS) is 14.9. The number of hydrogen-bond acceptors (Lipinski definition) is 2. The zero-order valence-electron chi connectivity index (χ0n) is 14.9. The number of aliphatic hydroxyl groups is 1. The Morgan fingerprint density at radius 2 is 1.52 bits per heavy atom. The number of hydrogen-bond donors (Lipinski definition) is 2. The van der Waals surface area contributed by atoms with Crippen molar-refractivity contribution in [2.75, 3.05) is 5.32 Å². The lowest BCUT2D eigenvalue weighted by atomic mass is 9.86. The van der Waals surface area contributed by atoms with Crippen molar-refractivity contribution in [2.24, 2.45) is 0 Å². The molecule has 25 heavy (non-hydrogen) atoms. The van der Waals surface area contributed by atoms with E-state index >= 15 is 0 Å². The average molecular weight is 351 g/mol. The summed E-state index contributed by atoms with van der Waals surface area (Å²) in [6.45, 7) is 7.38. The first-order chi connectivity index (χ1) is 11.5. The Labute approximate surface area is 146 Å². The van der Waals surface area contributed by atoms with Gasteiger partial charge in [-0.1, -0.05) is 57.2 Å². The molecule has 0 aromatic heterocycles. The molecule has 2 aromatic rings. The van der Waals surface area contributed by atoms with Gasteiger partial charge in [0, 0.05) is 5.69 Å². The molecule has 2 rings (SSSR count). The van der Waals surface area contributed by atoms with Crippen LogP contribution < -0.4 is 5.32 Å².